The monoisotopic (exact) mass is 511 g/mol. The summed E-state index contributed by atoms with van der Waals surface area (Å²) in [6.45, 7) is 3.48. The number of carbonyl (C=O) groups is 1. The van der Waals surface area contributed by atoms with Crippen LogP contribution in [0.1, 0.15) is 25.3 Å². The highest BCUT2D eigenvalue weighted by Crippen LogP contribution is 2.29. The van der Waals surface area contributed by atoms with Gasteiger partial charge in [-0.3, -0.25) is 9.69 Å². The van der Waals surface area contributed by atoms with Crippen LogP contribution in [0.2, 0.25) is 0 Å². The van der Waals surface area contributed by atoms with Gasteiger partial charge in [0.05, 0.1) is 29.1 Å². The van der Waals surface area contributed by atoms with Gasteiger partial charge in [-0.15, -0.1) is 0 Å². The first-order valence-electron chi connectivity index (χ1n) is 12.1. The van der Waals surface area contributed by atoms with Gasteiger partial charge in [-0.05, 0) is 49.1 Å². The molecule has 1 amide bonds. The number of benzene rings is 1. The molecule has 11 heteroatoms. The lowest BCUT2D eigenvalue weighted by atomic mass is 10.2. The van der Waals surface area contributed by atoms with Gasteiger partial charge in [-0.2, -0.15) is 8.71 Å². The van der Waals surface area contributed by atoms with Crippen molar-refractivity contribution in [3.8, 4) is 5.88 Å². The minimum atomic E-state index is -3.70. The van der Waals surface area contributed by atoms with Crippen LogP contribution < -0.4 is 20.5 Å². The molecule has 1 aliphatic carbocycles. The van der Waals surface area contributed by atoms with Crippen LogP contribution in [0.3, 0.4) is 0 Å². The van der Waals surface area contributed by atoms with E-state index >= 15 is 0 Å². The smallest absolute Gasteiger partial charge is 0.346 e. The lowest BCUT2D eigenvalue weighted by molar-refractivity contribution is -0.719. The van der Waals surface area contributed by atoms with E-state index < -0.39 is 10.0 Å². The average molecular weight is 512 g/mol. The van der Waals surface area contributed by atoms with E-state index in [9.17, 15) is 23.1 Å². The molecule has 2 aliphatic rings. The van der Waals surface area contributed by atoms with Gasteiger partial charge >= 0.3 is 5.56 Å². The fourth-order valence-electron chi connectivity index (χ4n) is 4.61. The van der Waals surface area contributed by atoms with Crippen molar-refractivity contribution in [1.82, 2.24) is 13.6 Å². The van der Waals surface area contributed by atoms with Crippen molar-refractivity contribution in [2.24, 2.45) is 5.92 Å². The minimum Gasteiger partial charge on any atom is -0.842 e. The molecule has 1 saturated heterocycles. The number of piperazine rings is 1. The van der Waals surface area contributed by atoms with Gasteiger partial charge in [0.25, 0.3) is 5.65 Å². The topological polar surface area (TPSA) is 118 Å². The molecule has 190 valence electrons. The summed E-state index contributed by atoms with van der Waals surface area (Å²) in [6, 6.07) is 11.5. The third-order valence-corrected chi connectivity index (χ3v) is 8.67. The Morgan fingerprint density at radius 3 is 2.42 bits per heavy atom. The molecule has 10 nitrogen and oxygen atoms in total. The first-order chi connectivity index (χ1) is 17.2. The zero-order chi connectivity index (χ0) is 25.4. The highest BCUT2D eigenvalue weighted by atomic mass is 32.2. The SMILES string of the molecule is CC(=O)Nc1ccc(S(=O)(=O)N2CCN(Cc3c([O-])[n+](CC4CC4)c4ccccn4c3=O)CC2)cc1. The number of anilines is 1. The lowest BCUT2D eigenvalue weighted by Crippen LogP contribution is -2.50. The molecule has 0 atom stereocenters. The number of nitrogens with zero attached hydrogens (tertiary/aromatic N) is 4. The largest absolute Gasteiger partial charge is 0.842 e. The molecule has 1 N–H and O–H groups in total. The van der Waals surface area contributed by atoms with Crippen molar-refractivity contribution >= 4 is 27.3 Å². The van der Waals surface area contributed by atoms with E-state index in [2.05, 4.69) is 5.32 Å². The Kier molecular flexibility index (Phi) is 6.54. The summed E-state index contributed by atoms with van der Waals surface area (Å²) in [5.74, 6) is -0.0161. The standard InChI is InChI=1S/C25H29N5O5S/c1-18(31)26-20-7-9-21(10-8-20)36(34,35)28-14-12-27(13-15-28)17-22-24(32)29-11-3-2-4-23(29)30(25(22)33)16-19-5-6-19/h2-4,7-11,19H,5-6,12-17H2,1H3,(H-,26,31,32,33). The maximum absolute atomic E-state index is 13.3. The van der Waals surface area contributed by atoms with E-state index in [1.807, 2.05) is 11.0 Å². The second-order valence-electron chi connectivity index (χ2n) is 9.46. The number of amides is 1. The fraction of sp³-hybridized carbons (Fsp3) is 0.400. The molecule has 5 rings (SSSR count). The van der Waals surface area contributed by atoms with Gasteiger partial charge in [0.15, 0.2) is 0 Å². The Bertz CT molecular complexity index is 1460. The summed E-state index contributed by atoms with van der Waals surface area (Å²) in [5.41, 5.74) is 1.02. The Balaban J connectivity index is 1.31. The van der Waals surface area contributed by atoms with Crippen molar-refractivity contribution in [3.05, 3.63) is 64.6 Å². The van der Waals surface area contributed by atoms with E-state index in [-0.39, 0.29) is 47.4 Å². The fourth-order valence-corrected chi connectivity index (χ4v) is 6.04. The molecule has 1 aromatic carbocycles. The van der Waals surface area contributed by atoms with Crippen LogP contribution in [-0.4, -0.2) is 54.1 Å². The first-order valence-corrected chi connectivity index (χ1v) is 13.5. The van der Waals surface area contributed by atoms with Gasteiger partial charge in [0.2, 0.25) is 15.9 Å². The molecule has 3 heterocycles. The van der Waals surface area contributed by atoms with Crippen LogP contribution >= 0.6 is 0 Å². The molecule has 2 fully saturated rings. The predicted molar refractivity (Wildman–Crippen MR) is 131 cm³/mol. The summed E-state index contributed by atoms with van der Waals surface area (Å²) in [6.07, 6.45) is 3.87. The quantitative estimate of drug-likeness (QED) is 0.463. The van der Waals surface area contributed by atoms with Crippen LogP contribution in [0.15, 0.2) is 58.4 Å². The van der Waals surface area contributed by atoms with Crippen molar-refractivity contribution in [1.29, 1.82) is 0 Å². The number of carbonyl (C=O) groups excluding carboxylic acids is 1. The number of aromatic nitrogens is 2. The molecular weight excluding hydrogens is 482 g/mol. The van der Waals surface area contributed by atoms with E-state index in [0.717, 1.165) is 12.8 Å². The van der Waals surface area contributed by atoms with Gasteiger partial charge in [0, 0.05) is 51.4 Å². The average Bonchev–Trinajstić information content (AvgIpc) is 3.69. The Labute approximate surface area is 209 Å². The Hall–Kier alpha value is -3.28. The van der Waals surface area contributed by atoms with Gasteiger partial charge in [0.1, 0.15) is 0 Å². The summed E-state index contributed by atoms with van der Waals surface area (Å²) < 4.78 is 30.9. The van der Waals surface area contributed by atoms with E-state index in [0.29, 0.717) is 36.9 Å². The highest BCUT2D eigenvalue weighted by Gasteiger charge is 2.31. The van der Waals surface area contributed by atoms with Crippen LogP contribution in [0.4, 0.5) is 5.69 Å². The lowest BCUT2D eigenvalue weighted by Gasteiger charge is -2.34. The highest BCUT2D eigenvalue weighted by molar-refractivity contribution is 7.89. The summed E-state index contributed by atoms with van der Waals surface area (Å²) >= 11 is 0. The molecule has 3 aromatic rings. The molecular formula is C25H29N5O5S. The van der Waals surface area contributed by atoms with E-state index in [4.69, 9.17) is 0 Å². The number of fused-ring (bicyclic) bond motifs is 1. The maximum Gasteiger partial charge on any atom is 0.346 e. The van der Waals surface area contributed by atoms with Gasteiger partial charge < -0.3 is 10.4 Å². The minimum absolute atomic E-state index is 0.154. The zero-order valence-electron chi connectivity index (χ0n) is 20.1. The summed E-state index contributed by atoms with van der Waals surface area (Å²) in [5, 5.41) is 16.0. The number of hydrogen-bond donors (Lipinski definition) is 1. The Morgan fingerprint density at radius 2 is 1.78 bits per heavy atom. The van der Waals surface area contributed by atoms with Crippen LogP contribution in [0.5, 0.6) is 5.88 Å². The van der Waals surface area contributed by atoms with Crippen LogP contribution in [0.25, 0.3) is 5.65 Å². The predicted octanol–water partition coefficient (Wildman–Crippen LogP) is 0.536. The van der Waals surface area contributed by atoms with Crippen LogP contribution in [0, 0.1) is 5.92 Å². The number of rotatable bonds is 7. The molecule has 0 spiro atoms. The molecule has 2 aromatic heterocycles. The number of nitrogens with one attached hydrogen (secondary N) is 1. The van der Waals surface area contributed by atoms with E-state index in [1.54, 1.807) is 35.0 Å². The van der Waals surface area contributed by atoms with Gasteiger partial charge in [-0.1, -0.05) is 6.07 Å². The maximum atomic E-state index is 13.3. The van der Waals surface area contributed by atoms with Crippen molar-refractivity contribution < 1.29 is 22.9 Å². The zero-order valence-corrected chi connectivity index (χ0v) is 20.9. The molecule has 1 saturated carbocycles. The second kappa shape index (κ2) is 9.64. The Morgan fingerprint density at radius 1 is 1.08 bits per heavy atom. The molecule has 1 aliphatic heterocycles. The number of pyridine rings is 1. The number of hydrogen-bond acceptors (Lipinski definition) is 6. The van der Waals surface area contributed by atoms with Crippen molar-refractivity contribution in [2.45, 2.75) is 37.8 Å². The molecule has 36 heavy (non-hydrogen) atoms. The summed E-state index contributed by atoms with van der Waals surface area (Å²) in [4.78, 5) is 26.5. The van der Waals surface area contributed by atoms with Crippen molar-refractivity contribution in [2.75, 3.05) is 31.5 Å². The molecule has 0 unspecified atom stereocenters. The summed E-state index contributed by atoms with van der Waals surface area (Å²) in [7, 11) is -3.70. The first kappa shape index (κ1) is 24.4. The van der Waals surface area contributed by atoms with Crippen LogP contribution in [-0.2, 0) is 27.9 Å². The second-order valence-corrected chi connectivity index (χ2v) is 11.4. The van der Waals surface area contributed by atoms with Crippen molar-refractivity contribution in [3.63, 3.8) is 0 Å². The molecule has 0 bridgehead atoms. The third-order valence-electron chi connectivity index (χ3n) is 6.76. The molecule has 0 radical (unpaired) electrons. The normalized spacial score (nSPS) is 17.4. The van der Waals surface area contributed by atoms with E-state index in [1.165, 1.54) is 27.8 Å². The third kappa shape index (κ3) is 4.86. The van der Waals surface area contributed by atoms with Gasteiger partial charge in [-0.25, -0.2) is 17.8 Å². The number of sulfonamides is 1.